The lowest BCUT2D eigenvalue weighted by Crippen LogP contribution is -2.41. The van der Waals surface area contributed by atoms with Crippen LogP contribution in [0.4, 0.5) is 5.69 Å². The van der Waals surface area contributed by atoms with Crippen molar-refractivity contribution in [2.75, 3.05) is 11.4 Å². The van der Waals surface area contributed by atoms with Gasteiger partial charge in [-0.2, -0.15) is 0 Å². The Balaban J connectivity index is 2.32. The van der Waals surface area contributed by atoms with Gasteiger partial charge in [0, 0.05) is 23.7 Å². The molecule has 1 amide bonds. The molecule has 98 valence electrons. The molecule has 18 heavy (non-hydrogen) atoms. The first-order valence-electron chi connectivity index (χ1n) is 6.60. The molecule has 2 unspecified atom stereocenters. The highest BCUT2D eigenvalue weighted by Crippen LogP contribution is 2.34. The fraction of sp³-hybridized carbons (Fsp3) is 0.533. The zero-order valence-electron chi connectivity index (χ0n) is 11.3. The van der Waals surface area contributed by atoms with Gasteiger partial charge in [-0.3, -0.25) is 4.79 Å². The zero-order chi connectivity index (χ0) is 13.3. The normalized spacial score (nSPS) is 20.7. The SMILES string of the molecule is CC(C)C(C)C(=O)N1CCC(O)c2ccccc21. The van der Waals surface area contributed by atoms with E-state index in [-0.39, 0.29) is 11.8 Å². The molecule has 1 N–H and O–H groups in total. The molecule has 0 spiro atoms. The van der Waals surface area contributed by atoms with Crippen molar-refractivity contribution in [1.82, 2.24) is 0 Å². The van der Waals surface area contributed by atoms with Gasteiger partial charge in [-0.15, -0.1) is 0 Å². The number of aliphatic hydroxyl groups is 1. The minimum Gasteiger partial charge on any atom is -0.388 e. The molecule has 0 saturated heterocycles. The molecule has 1 aromatic rings. The summed E-state index contributed by atoms with van der Waals surface area (Å²) in [5, 5.41) is 9.97. The largest absolute Gasteiger partial charge is 0.388 e. The third-order valence-corrected chi connectivity index (χ3v) is 3.87. The molecule has 2 atom stereocenters. The van der Waals surface area contributed by atoms with Crippen LogP contribution in [0.2, 0.25) is 0 Å². The van der Waals surface area contributed by atoms with E-state index in [0.29, 0.717) is 18.9 Å². The summed E-state index contributed by atoms with van der Waals surface area (Å²) in [6.45, 7) is 6.70. The van der Waals surface area contributed by atoms with Crippen molar-refractivity contribution in [3.8, 4) is 0 Å². The summed E-state index contributed by atoms with van der Waals surface area (Å²) in [7, 11) is 0. The van der Waals surface area contributed by atoms with Crippen molar-refractivity contribution < 1.29 is 9.90 Å². The Labute approximate surface area is 108 Å². The molecule has 1 aliphatic rings. The van der Waals surface area contributed by atoms with Crippen molar-refractivity contribution in [2.24, 2.45) is 11.8 Å². The highest BCUT2D eigenvalue weighted by Gasteiger charge is 2.30. The van der Waals surface area contributed by atoms with Crippen molar-refractivity contribution in [3.05, 3.63) is 29.8 Å². The Morgan fingerprint density at radius 3 is 2.67 bits per heavy atom. The standard InChI is InChI=1S/C15H21NO2/c1-10(2)11(3)15(18)16-9-8-14(17)12-6-4-5-7-13(12)16/h4-7,10-11,14,17H,8-9H2,1-3H3. The Morgan fingerprint density at radius 1 is 1.33 bits per heavy atom. The Morgan fingerprint density at radius 2 is 2.00 bits per heavy atom. The van der Waals surface area contributed by atoms with Crippen molar-refractivity contribution >= 4 is 11.6 Å². The van der Waals surface area contributed by atoms with Crippen molar-refractivity contribution in [3.63, 3.8) is 0 Å². The van der Waals surface area contributed by atoms with Crippen LogP contribution in [0, 0.1) is 11.8 Å². The number of carbonyl (C=O) groups is 1. The van der Waals surface area contributed by atoms with Crippen LogP contribution < -0.4 is 4.90 Å². The van der Waals surface area contributed by atoms with E-state index in [2.05, 4.69) is 13.8 Å². The van der Waals surface area contributed by atoms with Crippen LogP contribution in [0.15, 0.2) is 24.3 Å². The second-order valence-corrected chi connectivity index (χ2v) is 5.39. The van der Waals surface area contributed by atoms with Gasteiger partial charge in [-0.1, -0.05) is 39.0 Å². The maximum Gasteiger partial charge on any atom is 0.230 e. The molecule has 1 aliphatic heterocycles. The van der Waals surface area contributed by atoms with Crippen LogP contribution in [0.25, 0.3) is 0 Å². The average Bonchev–Trinajstić information content (AvgIpc) is 2.38. The van der Waals surface area contributed by atoms with Gasteiger partial charge in [0.25, 0.3) is 0 Å². The van der Waals surface area contributed by atoms with Crippen LogP contribution in [0.1, 0.15) is 38.9 Å². The number of nitrogens with zero attached hydrogens (tertiary/aromatic N) is 1. The highest BCUT2D eigenvalue weighted by molar-refractivity contribution is 5.96. The number of amides is 1. The number of carbonyl (C=O) groups excluding carboxylic acids is 1. The summed E-state index contributed by atoms with van der Waals surface area (Å²) < 4.78 is 0. The zero-order valence-corrected chi connectivity index (χ0v) is 11.3. The van der Waals surface area contributed by atoms with Crippen molar-refractivity contribution in [1.29, 1.82) is 0 Å². The molecule has 2 rings (SSSR count). The third-order valence-electron chi connectivity index (χ3n) is 3.87. The second-order valence-electron chi connectivity index (χ2n) is 5.39. The molecule has 3 heteroatoms. The van der Waals surface area contributed by atoms with Gasteiger partial charge in [0.1, 0.15) is 0 Å². The van der Waals surface area contributed by atoms with Gasteiger partial charge in [-0.25, -0.2) is 0 Å². The van der Waals surface area contributed by atoms with E-state index < -0.39 is 6.10 Å². The van der Waals surface area contributed by atoms with Gasteiger partial charge in [0.15, 0.2) is 0 Å². The summed E-state index contributed by atoms with van der Waals surface area (Å²) in [5.41, 5.74) is 1.74. The van der Waals surface area contributed by atoms with E-state index >= 15 is 0 Å². The molecule has 3 nitrogen and oxygen atoms in total. The maximum atomic E-state index is 12.5. The van der Waals surface area contributed by atoms with Gasteiger partial charge in [0.05, 0.1) is 6.10 Å². The lowest BCUT2D eigenvalue weighted by Gasteiger charge is -2.34. The minimum atomic E-state index is -0.445. The summed E-state index contributed by atoms with van der Waals surface area (Å²) >= 11 is 0. The molecule has 1 heterocycles. The van der Waals surface area contributed by atoms with Crippen LogP contribution in [-0.4, -0.2) is 17.6 Å². The minimum absolute atomic E-state index is 0.00768. The number of benzene rings is 1. The molecule has 0 aromatic heterocycles. The number of anilines is 1. The number of fused-ring (bicyclic) bond motifs is 1. The summed E-state index contributed by atoms with van der Waals surface area (Å²) in [6.07, 6.45) is 0.174. The van der Waals surface area contributed by atoms with Crippen molar-refractivity contribution in [2.45, 2.75) is 33.3 Å². The molecule has 0 fully saturated rings. The first-order valence-corrected chi connectivity index (χ1v) is 6.60. The van der Waals surface area contributed by atoms with Crippen LogP contribution in [0.5, 0.6) is 0 Å². The van der Waals surface area contributed by atoms with E-state index in [0.717, 1.165) is 11.3 Å². The van der Waals surface area contributed by atoms with E-state index in [1.54, 1.807) is 0 Å². The Kier molecular flexibility index (Phi) is 3.71. The molecule has 0 radical (unpaired) electrons. The van der Waals surface area contributed by atoms with Gasteiger partial charge in [-0.05, 0) is 18.4 Å². The monoisotopic (exact) mass is 247 g/mol. The predicted octanol–water partition coefficient (Wildman–Crippen LogP) is 2.75. The van der Waals surface area contributed by atoms with Crippen LogP contribution in [0.3, 0.4) is 0 Å². The smallest absolute Gasteiger partial charge is 0.230 e. The lowest BCUT2D eigenvalue weighted by atomic mass is 9.93. The lowest BCUT2D eigenvalue weighted by molar-refractivity contribution is -0.123. The molecule has 0 aliphatic carbocycles. The first-order chi connectivity index (χ1) is 8.52. The predicted molar refractivity (Wildman–Crippen MR) is 72.4 cm³/mol. The molecule has 0 bridgehead atoms. The fourth-order valence-corrected chi connectivity index (χ4v) is 2.30. The second kappa shape index (κ2) is 5.11. The summed E-state index contributed by atoms with van der Waals surface area (Å²) in [6, 6.07) is 7.64. The van der Waals surface area contributed by atoms with E-state index in [1.807, 2.05) is 36.1 Å². The molecule has 0 saturated carbocycles. The molecule has 1 aromatic carbocycles. The Bertz CT molecular complexity index is 442. The van der Waals surface area contributed by atoms with E-state index in [4.69, 9.17) is 0 Å². The Hall–Kier alpha value is -1.35. The number of aliphatic hydroxyl groups excluding tert-OH is 1. The van der Waals surface area contributed by atoms with Gasteiger partial charge >= 0.3 is 0 Å². The highest BCUT2D eigenvalue weighted by atomic mass is 16.3. The topological polar surface area (TPSA) is 40.5 Å². The quantitative estimate of drug-likeness (QED) is 0.873. The number of hydrogen-bond donors (Lipinski definition) is 1. The van der Waals surface area contributed by atoms with Crippen LogP contribution >= 0.6 is 0 Å². The number of rotatable bonds is 2. The fourth-order valence-electron chi connectivity index (χ4n) is 2.30. The summed E-state index contributed by atoms with van der Waals surface area (Å²) in [4.78, 5) is 14.3. The number of hydrogen-bond acceptors (Lipinski definition) is 2. The first kappa shape index (κ1) is 13.1. The molecular formula is C15H21NO2. The third kappa shape index (κ3) is 2.27. The van der Waals surface area contributed by atoms with E-state index in [1.165, 1.54) is 0 Å². The van der Waals surface area contributed by atoms with Gasteiger partial charge < -0.3 is 10.0 Å². The van der Waals surface area contributed by atoms with Crippen LogP contribution in [-0.2, 0) is 4.79 Å². The van der Waals surface area contributed by atoms with Gasteiger partial charge in [0.2, 0.25) is 5.91 Å². The molecular weight excluding hydrogens is 226 g/mol. The van der Waals surface area contributed by atoms with E-state index in [9.17, 15) is 9.90 Å². The number of para-hydroxylation sites is 1. The summed E-state index contributed by atoms with van der Waals surface area (Å²) in [5.74, 6) is 0.495. The average molecular weight is 247 g/mol. The maximum absolute atomic E-state index is 12.5.